The first-order chi connectivity index (χ1) is 14.5. The van der Waals surface area contributed by atoms with Crippen LogP contribution in [-0.2, 0) is 22.4 Å². The lowest BCUT2D eigenvalue weighted by atomic mass is 9.76. The molecule has 160 valence electrons. The molecule has 2 aromatic rings. The molecule has 0 heterocycles. The lowest BCUT2D eigenvalue weighted by Crippen LogP contribution is -2.33. The maximum atomic E-state index is 12.0. The second-order valence-corrected chi connectivity index (χ2v) is 8.58. The van der Waals surface area contributed by atoms with Crippen LogP contribution < -0.4 is 0 Å². The second-order valence-electron chi connectivity index (χ2n) is 8.58. The summed E-state index contributed by atoms with van der Waals surface area (Å²) in [6.45, 7) is 2.13. The molecule has 0 unspecified atom stereocenters. The maximum absolute atomic E-state index is 12.0. The molecule has 0 saturated heterocycles. The number of aliphatic carboxylic acids is 2. The van der Waals surface area contributed by atoms with Gasteiger partial charge >= 0.3 is 11.9 Å². The Kier molecular flexibility index (Phi) is 7.67. The summed E-state index contributed by atoms with van der Waals surface area (Å²) in [6.07, 6.45) is 7.18. The number of rotatable bonds is 9. The van der Waals surface area contributed by atoms with E-state index in [0.717, 1.165) is 48.8 Å². The van der Waals surface area contributed by atoms with Crippen LogP contribution in [0.4, 0.5) is 0 Å². The summed E-state index contributed by atoms with van der Waals surface area (Å²) in [5.74, 6) is -3.42. The van der Waals surface area contributed by atoms with Gasteiger partial charge in [-0.25, -0.2) is 0 Å². The molecular formula is C26H32O4. The highest BCUT2D eigenvalue weighted by Crippen LogP contribution is 2.33. The van der Waals surface area contributed by atoms with Crippen LogP contribution in [0.1, 0.15) is 56.6 Å². The Morgan fingerprint density at radius 3 is 1.77 bits per heavy atom. The van der Waals surface area contributed by atoms with Crippen molar-refractivity contribution in [1.82, 2.24) is 0 Å². The first kappa shape index (κ1) is 22.1. The third kappa shape index (κ3) is 5.71. The van der Waals surface area contributed by atoms with E-state index >= 15 is 0 Å². The maximum Gasteiger partial charge on any atom is 0.307 e. The van der Waals surface area contributed by atoms with Crippen molar-refractivity contribution in [3.63, 3.8) is 0 Å². The van der Waals surface area contributed by atoms with E-state index in [1.54, 1.807) is 0 Å². The van der Waals surface area contributed by atoms with Crippen molar-refractivity contribution < 1.29 is 19.8 Å². The molecule has 0 bridgehead atoms. The minimum atomic E-state index is -1.02. The van der Waals surface area contributed by atoms with Gasteiger partial charge in [-0.15, -0.1) is 0 Å². The summed E-state index contributed by atoms with van der Waals surface area (Å²) in [5.41, 5.74) is 4.35. The molecular weight excluding hydrogens is 376 g/mol. The van der Waals surface area contributed by atoms with Gasteiger partial charge in [0.25, 0.3) is 0 Å². The van der Waals surface area contributed by atoms with Gasteiger partial charge in [0.15, 0.2) is 0 Å². The van der Waals surface area contributed by atoms with E-state index in [1.165, 1.54) is 12.0 Å². The van der Waals surface area contributed by atoms with Gasteiger partial charge < -0.3 is 10.2 Å². The van der Waals surface area contributed by atoms with Crippen molar-refractivity contribution >= 4 is 11.9 Å². The number of carboxylic acids is 2. The molecule has 0 aromatic heterocycles. The Morgan fingerprint density at radius 1 is 0.800 bits per heavy atom. The molecule has 2 atom stereocenters. The fourth-order valence-electron chi connectivity index (χ4n) is 4.64. The molecule has 0 radical (unpaired) electrons. The zero-order valence-corrected chi connectivity index (χ0v) is 17.7. The summed E-state index contributed by atoms with van der Waals surface area (Å²) in [5, 5.41) is 19.6. The van der Waals surface area contributed by atoms with E-state index in [9.17, 15) is 19.8 Å². The fourth-order valence-corrected chi connectivity index (χ4v) is 4.64. The molecule has 30 heavy (non-hydrogen) atoms. The largest absolute Gasteiger partial charge is 0.481 e. The molecule has 1 saturated carbocycles. The van der Waals surface area contributed by atoms with Gasteiger partial charge in [-0.05, 0) is 47.4 Å². The number of hydrogen-bond acceptors (Lipinski definition) is 2. The van der Waals surface area contributed by atoms with Gasteiger partial charge in [0.2, 0.25) is 0 Å². The third-order valence-corrected chi connectivity index (χ3v) is 6.54. The standard InChI is InChI=1S/C26H32O4/c1-2-18-8-12-21(13-9-18)22-14-10-20(11-15-22)17-24(26(29)30)23(25(27)28)16-19-6-4-3-5-7-19/h8-15,19,23-24H,2-7,16-17H2,1H3,(H,27,28)(H,29,30)/t23-,24-/m0/s1. The summed E-state index contributed by atoms with van der Waals surface area (Å²) in [4.78, 5) is 23.9. The molecule has 2 N–H and O–H groups in total. The first-order valence-electron chi connectivity index (χ1n) is 11.1. The summed E-state index contributed by atoms with van der Waals surface area (Å²) in [6, 6.07) is 16.3. The molecule has 4 nitrogen and oxygen atoms in total. The first-order valence-corrected chi connectivity index (χ1v) is 11.1. The predicted octanol–water partition coefficient (Wildman–Crippen LogP) is 5.83. The van der Waals surface area contributed by atoms with Crippen LogP contribution in [0.15, 0.2) is 48.5 Å². The average molecular weight is 409 g/mol. The van der Waals surface area contributed by atoms with Crippen LogP contribution in [0.2, 0.25) is 0 Å². The van der Waals surface area contributed by atoms with E-state index in [1.807, 2.05) is 24.3 Å². The van der Waals surface area contributed by atoms with E-state index in [0.29, 0.717) is 12.3 Å². The summed E-state index contributed by atoms with van der Waals surface area (Å²) in [7, 11) is 0. The Balaban J connectivity index is 1.72. The van der Waals surface area contributed by atoms with Gasteiger partial charge in [0.05, 0.1) is 11.8 Å². The molecule has 1 aliphatic carbocycles. The second kappa shape index (κ2) is 10.4. The topological polar surface area (TPSA) is 74.6 Å². The molecule has 2 aromatic carbocycles. The zero-order chi connectivity index (χ0) is 21.5. The van der Waals surface area contributed by atoms with Gasteiger partial charge in [-0.2, -0.15) is 0 Å². The van der Waals surface area contributed by atoms with Crippen molar-refractivity contribution in [1.29, 1.82) is 0 Å². The lowest BCUT2D eigenvalue weighted by Gasteiger charge is -2.27. The fraction of sp³-hybridized carbons (Fsp3) is 0.462. The monoisotopic (exact) mass is 408 g/mol. The van der Waals surface area contributed by atoms with E-state index in [-0.39, 0.29) is 6.42 Å². The molecule has 0 spiro atoms. The zero-order valence-electron chi connectivity index (χ0n) is 17.7. The highest BCUT2D eigenvalue weighted by atomic mass is 16.4. The van der Waals surface area contributed by atoms with E-state index < -0.39 is 23.8 Å². The van der Waals surface area contributed by atoms with Crippen LogP contribution in [0.3, 0.4) is 0 Å². The van der Waals surface area contributed by atoms with E-state index in [2.05, 4.69) is 31.2 Å². The minimum Gasteiger partial charge on any atom is -0.481 e. The Labute approximate surface area is 179 Å². The van der Waals surface area contributed by atoms with Crippen LogP contribution in [0.5, 0.6) is 0 Å². The molecule has 4 heteroatoms. The van der Waals surface area contributed by atoms with Crippen LogP contribution >= 0.6 is 0 Å². The van der Waals surface area contributed by atoms with Gasteiger partial charge in [0.1, 0.15) is 0 Å². The quantitative estimate of drug-likeness (QED) is 0.547. The number of carbonyl (C=O) groups is 2. The van der Waals surface area contributed by atoms with Crippen LogP contribution in [-0.4, -0.2) is 22.2 Å². The molecule has 0 amide bonds. The molecule has 1 aliphatic rings. The summed E-state index contributed by atoms with van der Waals surface area (Å²) >= 11 is 0. The molecule has 1 fully saturated rings. The highest BCUT2D eigenvalue weighted by molar-refractivity contribution is 5.80. The summed E-state index contributed by atoms with van der Waals surface area (Å²) < 4.78 is 0. The van der Waals surface area contributed by atoms with Crippen LogP contribution in [0.25, 0.3) is 11.1 Å². The highest BCUT2D eigenvalue weighted by Gasteiger charge is 2.35. The van der Waals surface area contributed by atoms with Crippen molar-refractivity contribution in [3.8, 4) is 11.1 Å². The Morgan fingerprint density at radius 2 is 1.30 bits per heavy atom. The Bertz CT molecular complexity index is 832. The van der Waals surface area contributed by atoms with E-state index in [4.69, 9.17) is 0 Å². The number of benzene rings is 2. The van der Waals surface area contributed by atoms with Gasteiger partial charge in [0, 0.05) is 0 Å². The number of aryl methyl sites for hydroxylation is 1. The number of hydrogen-bond donors (Lipinski definition) is 2. The van der Waals surface area contributed by atoms with Crippen molar-refractivity contribution in [2.45, 2.75) is 58.3 Å². The Hall–Kier alpha value is -2.62. The van der Waals surface area contributed by atoms with Crippen molar-refractivity contribution in [3.05, 3.63) is 59.7 Å². The average Bonchev–Trinajstić information content (AvgIpc) is 2.77. The number of carboxylic acid groups (broad SMARTS) is 2. The molecule has 3 rings (SSSR count). The SMILES string of the molecule is CCc1ccc(-c2ccc(C[C@H](C(=O)O)[C@H](CC3CCCCC3)C(=O)O)cc2)cc1. The van der Waals surface area contributed by atoms with Gasteiger partial charge in [-0.1, -0.05) is 87.6 Å². The minimum absolute atomic E-state index is 0.244. The van der Waals surface area contributed by atoms with Crippen LogP contribution in [0, 0.1) is 17.8 Å². The third-order valence-electron chi connectivity index (χ3n) is 6.54. The van der Waals surface area contributed by atoms with Gasteiger partial charge in [-0.3, -0.25) is 9.59 Å². The lowest BCUT2D eigenvalue weighted by molar-refractivity contribution is -0.154. The normalized spacial score (nSPS) is 16.7. The molecule has 0 aliphatic heterocycles. The predicted molar refractivity (Wildman–Crippen MR) is 118 cm³/mol. The smallest absolute Gasteiger partial charge is 0.307 e. The van der Waals surface area contributed by atoms with Crippen molar-refractivity contribution in [2.75, 3.05) is 0 Å². The van der Waals surface area contributed by atoms with Crippen molar-refractivity contribution in [2.24, 2.45) is 17.8 Å².